The van der Waals surface area contributed by atoms with Crippen LogP contribution in [0.3, 0.4) is 0 Å². The highest BCUT2D eigenvalue weighted by atomic mass is 19.1. The van der Waals surface area contributed by atoms with Crippen LogP contribution in [0, 0.1) is 5.82 Å². The molecule has 0 aliphatic rings. The molecule has 2 aromatic carbocycles. The summed E-state index contributed by atoms with van der Waals surface area (Å²) in [6.45, 7) is 0.338. The predicted molar refractivity (Wildman–Crippen MR) is 104 cm³/mol. The summed E-state index contributed by atoms with van der Waals surface area (Å²) < 4.78 is 22.8. The van der Waals surface area contributed by atoms with E-state index >= 15 is 0 Å². The Morgan fingerprint density at radius 1 is 1.03 bits per heavy atom. The maximum Gasteiger partial charge on any atom is 0.325 e. The molecule has 0 saturated heterocycles. The smallest absolute Gasteiger partial charge is 0.325 e. The van der Waals surface area contributed by atoms with E-state index < -0.39 is 11.9 Å². The number of benzene rings is 2. The summed E-state index contributed by atoms with van der Waals surface area (Å²) in [5.41, 5.74) is 0.846. The number of hydrogen-bond acceptors (Lipinski definition) is 5. The summed E-state index contributed by atoms with van der Waals surface area (Å²) >= 11 is 0. The van der Waals surface area contributed by atoms with Crippen molar-refractivity contribution in [2.45, 2.75) is 0 Å². The van der Waals surface area contributed by atoms with Crippen LogP contribution in [0.5, 0.6) is 5.75 Å². The van der Waals surface area contributed by atoms with Crippen LogP contribution in [-0.4, -0.2) is 56.7 Å². The number of anilines is 1. The molecule has 0 radical (unpaired) electrons. The first kappa shape index (κ1) is 21.7. The normalized spacial score (nSPS) is 10.0. The number of esters is 1. The van der Waals surface area contributed by atoms with Crippen LogP contribution in [0.25, 0.3) is 0 Å². The minimum atomic E-state index is -0.548. The zero-order valence-electron chi connectivity index (χ0n) is 16.1. The van der Waals surface area contributed by atoms with E-state index in [1.807, 2.05) is 0 Å². The molecule has 0 aromatic heterocycles. The van der Waals surface area contributed by atoms with Crippen molar-refractivity contribution in [2.75, 3.05) is 39.2 Å². The largest absolute Gasteiger partial charge is 0.492 e. The molecule has 0 saturated carbocycles. The average molecular weight is 403 g/mol. The number of methoxy groups -OCH3 is 1. The molecule has 0 fully saturated rings. The van der Waals surface area contributed by atoms with Gasteiger partial charge in [-0.25, -0.2) is 9.18 Å². The van der Waals surface area contributed by atoms with Crippen LogP contribution in [0.2, 0.25) is 0 Å². The van der Waals surface area contributed by atoms with E-state index in [0.717, 1.165) is 0 Å². The van der Waals surface area contributed by atoms with Gasteiger partial charge in [-0.1, -0.05) is 0 Å². The molecule has 2 rings (SSSR count). The van der Waals surface area contributed by atoms with E-state index in [0.29, 0.717) is 23.5 Å². The van der Waals surface area contributed by atoms with Crippen LogP contribution >= 0.6 is 0 Å². The van der Waals surface area contributed by atoms with E-state index in [1.54, 1.807) is 19.2 Å². The quantitative estimate of drug-likeness (QED) is 0.659. The third-order valence-electron chi connectivity index (χ3n) is 3.88. The predicted octanol–water partition coefficient (Wildman–Crippen LogP) is 2.27. The molecule has 154 valence electrons. The van der Waals surface area contributed by atoms with Crippen LogP contribution in [-0.2, 0) is 9.53 Å². The number of nitrogens with one attached hydrogen (secondary N) is 2. The van der Waals surface area contributed by atoms with Crippen molar-refractivity contribution in [1.82, 2.24) is 10.2 Å². The number of halogens is 1. The molecule has 9 heteroatoms. The highest BCUT2D eigenvalue weighted by Crippen LogP contribution is 2.12. The number of hydrogen-bond donors (Lipinski definition) is 2. The van der Waals surface area contributed by atoms with Gasteiger partial charge in [-0.05, 0) is 48.5 Å². The van der Waals surface area contributed by atoms with Crippen LogP contribution in [0.1, 0.15) is 10.4 Å². The van der Waals surface area contributed by atoms with Crippen molar-refractivity contribution in [3.8, 4) is 5.75 Å². The van der Waals surface area contributed by atoms with Crippen molar-refractivity contribution in [2.24, 2.45) is 0 Å². The van der Waals surface area contributed by atoms with Gasteiger partial charge in [0.2, 0.25) is 0 Å². The lowest BCUT2D eigenvalue weighted by atomic mass is 10.2. The minimum Gasteiger partial charge on any atom is -0.492 e. The molecular formula is C20H22FN3O5. The lowest BCUT2D eigenvalue weighted by molar-refractivity contribution is -0.139. The molecule has 0 unspecified atom stereocenters. The Morgan fingerprint density at radius 2 is 1.69 bits per heavy atom. The fraction of sp³-hybridized carbons (Fsp3) is 0.250. The molecule has 0 atom stereocenters. The van der Waals surface area contributed by atoms with Gasteiger partial charge >= 0.3 is 12.0 Å². The highest BCUT2D eigenvalue weighted by molar-refractivity contribution is 5.96. The molecule has 29 heavy (non-hydrogen) atoms. The number of amides is 3. The number of ether oxygens (including phenoxy) is 2. The molecule has 0 bridgehead atoms. The van der Waals surface area contributed by atoms with E-state index in [9.17, 15) is 18.8 Å². The zero-order chi connectivity index (χ0) is 21.2. The Bertz CT molecular complexity index is 840. The summed E-state index contributed by atoms with van der Waals surface area (Å²) in [7, 11) is 2.84. The van der Waals surface area contributed by atoms with Crippen LogP contribution in [0.15, 0.2) is 48.5 Å². The van der Waals surface area contributed by atoms with Gasteiger partial charge in [0.15, 0.2) is 0 Å². The summed E-state index contributed by atoms with van der Waals surface area (Å²) in [4.78, 5) is 36.6. The van der Waals surface area contributed by atoms with Crippen molar-refractivity contribution >= 4 is 23.6 Å². The van der Waals surface area contributed by atoms with E-state index in [1.165, 1.54) is 48.4 Å². The second-order valence-electron chi connectivity index (χ2n) is 5.99. The topological polar surface area (TPSA) is 97.0 Å². The van der Waals surface area contributed by atoms with E-state index in [-0.39, 0.29) is 25.0 Å². The van der Waals surface area contributed by atoms with Crippen molar-refractivity contribution < 1.29 is 28.2 Å². The molecule has 0 heterocycles. The summed E-state index contributed by atoms with van der Waals surface area (Å²) in [5, 5.41) is 5.12. The van der Waals surface area contributed by atoms with E-state index in [4.69, 9.17) is 4.74 Å². The van der Waals surface area contributed by atoms with Gasteiger partial charge in [0, 0.05) is 18.3 Å². The SMILES string of the molecule is COC(=O)CNC(=O)c1ccc(NC(=O)N(C)CCOc2ccc(F)cc2)cc1. The first-order valence-electron chi connectivity index (χ1n) is 8.74. The van der Waals surface area contributed by atoms with Crippen molar-refractivity contribution in [3.63, 3.8) is 0 Å². The summed E-state index contributed by atoms with van der Waals surface area (Å²) in [5.74, 6) is -0.806. The molecule has 0 aliphatic heterocycles. The zero-order valence-corrected chi connectivity index (χ0v) is 16.1. The second-order valence-corrected chi connectivity index (χ2v) is 5.99. The molecule has 2 N–H and O–H groups in total. The first-order chi connectivity index (χ1) is 13.9. The molecule has 0 aliphatic carbocycles. The van der Waals surface area contributed by atoms with Crippen molar-refractivity contribution in [3.05, 3.63) is 59.9 Å². The Kier molecular flexibility index (Phi) is 7.96. The number of urea groups is 1. The number of carbonyl (C=O) groups excluding carboxylic acids is 3. The third kappa shape index (κ3) is 7.13. The number of nitrogens with zero attached hydrogens (tertiary/aromatic N) is 1. The molecule has 2 aromatic rings. The molecule has 0 spiro atoms. The van der Waals surface area contributed by atoms with Gasteiger partial charge < -0.3 is 25.0 Å². The first-order valence-corrected chi connectivity index (χ1v) is 8.74. The second kappa shape index (κ2) is 10.6. The third-order valence-corrected chi connectivity index (χ3v) is 3.88. The fourth-order valence-corrected chi connectivity index (χ4v) is 2.18. The standard InChI is InChI=1S/C20H22FN3O5/c1-24(11-12-29-17-9-5-15(21)6-10-17)20(27)23-16-7-3-14(4-8-16)19(26)22-13-18(25)28-2/h3-10H,11-13H2,1-2H3,(H,22,26)(H,23,27). The lowest BCUT2D eigenvalue weighted by Crippen LogP contribution is -2.34. The highest BCUT2D eigenvalue weighted by Gasteiger charge is 2.11. The fourth-order valence-electron chi connectivity index (χ4n) is 2.18. The minimum absolute atomic E-state index is 0.224. The number of rotatable bonds is 8. The Hall–Kier alpha value is -3.62. The maximum atomic E-state index is 12.8. The number of likely N-dealkylation sites (N-methyl/N-ethyl adjacent to an activating group) is 1. The monoisotopic (exact) mass is 403 g/mol. The van der Waals surface area contributed by atoms with Crippen molar-refractivity contribution in [1.29, 1.82) is 0 Å². The summed E-state index contributed by atoms with van der Waals surface area (Å²) in [6.07, 6.45) is 0. The van der Waals surface area contributed by atoms with Crippen LogP contribution < -0.4 is 15.4 Å². The molecule has 8 nitrogen and oxygen atoms in total. The maximum absolute atomic E-state index is 12.8. The van der Waals surface area contributed by atoms with E-state index in [2.05, 4.69) is 15.4 Å². The number of carbonyl (C=O) groups is 3. The average Bonchev–Trinajstić information content (AvgIpc) is 2.73. The van der Waals surface area contributed by atoms with Gasteiger partial charge in [-0.3, -0.25) is 9.59 Å². The van der Waals surface area contributed by atoms with Crippen LogP contribution in [0.4, 0.5) is 14.9 Å². The van der Waals surface area contributed by atoms with Gasteiger partial charge in [-0.15, -0.1) is 0 Å². The Labute approximate surface area is 167 Å². The lowest BCUT2D eigenvalue weighted by Gasteiger charge is -2.18. The van der Waals surface area contributed by atoms with Gasteiger partial charge in [0.1, 0.15) is 24.7 Å². The van der Waals surface area contributed by atoms with Gasteiger partial charge in [0.25, 0.3) is 5.91 Å². The van der Waals surface area contributed by atoms with Gasteiger partial charge in [-0.2, -0.15) is 0 Å². The summed E-state index contributed by atoms with van der Waals surface area (Å²) in [6, 6.07) is 11.5. The van der Waals surface area contributed by atoms with Gasteiger partial charge in [0.05, 0.1) is 13.7 Å². The molecular weight excluding hydrogens is 381 g/mol. The Balaban J connectivity index is 1.77. The Morgan fingerprint density at radius 3 is 2.31 bits per heavy atom. The molecule has 3 amide bonds.